The number of hydrogen-bond acceptors (Lipinski definition) is 4. The van der Waals surface area contributed by atoms with E-state index in [4.69, 9.17) is 5.11 Å². The van der Waals surface area contributed by atoms with Gasteiger partial charge < -0.3 is 5.11 Å². The van der Waals surface area contributed by atoms with Crippen molar-refractivity contribution in [1.29, 1.82) is 0 Å². The number of rotatable bonds is 3. The van der Waals surface area contributed by atoms with Crippen LogP contribution in [0.1, 0.15) is 12.8 Å². The van der Waals surface area contributed by atoms with Crippen LogP contribution in [0.25, 0.3) is 0 Å². The molecular formula is C8H11N3O2S. The summed E-state index contributed by atoms with van der Waals surface area (Å²) in [6.45, 7) is 0. The fourth-order valence-electron chi connectivity index (χ4n) is 1.42. The second-order valence-corrected chi connectivity index (χ2v) is 4.55. The quantitative estimate of drug-likeness (QED) is 0.803. The Kier molecular flexibility index (Phi) is 2.45. The van der Waals surface area contributed by atoms with Gasteiger partial charge in [0, 0.05) is 12.3 Å². The molecule has 1 aliphatic carbocycles. The fourth-order valence-corrected chi connectivity index (χ4v) is 2.67. The number of aliphatic carboxylic acids is 1. The number of carboxylic acid groups (broad SMARTS) is 1. The summed E-state index contributed by atoms with van der Waals surface area (Å²) in [6.07, 6.45) is 3.22. The Morgan fingerprint density at radius 1 is 1.71 bits per heavy atom. The van der Waals surface area contributed by atoms with Gasteiger partial charge in [0.15, 0.2) is 5.16 Å². The minimum absolute atomic E-state index is 0.162. The zero-order chi connectivity index (χ0) is 10.1. The van der Waals surface area contributed by atoms with E-state index in [0.717, 1.165) is 18.0 Å². The van der Waals surface area contributed by atoms with E-state index in [2.05, 4.69) is 10.1 Å². The van der Waals surface area contributed by atoms with Gasteiger partial charge in [-0.25, -0.2) is 9.67 Å². The number of aromatic nitrogens is 3. The van der Waals surface area contributed by atoms with Crippen molar-refractivity contribution in [2.45, 2.75) is 23.2 Å². The first-order chi connectivity index (χ1) is 6.68. The number of carbonyl (C=O) groups is 1. The molecule has 6 heteroatoms. The van der Waals surface area contributed by atoms with Gasteiger partial charge in [-0.15, -0.1) is 0 Å². The molecule has 0 amide bonds. The third-order valence-electron chi connectivity index (χ3n) is 2.45. The largest absolute Gasteiger partial charge is 0.481 e. The van der Waals surface area contributed by atoms with Crippen LogP contribution in [0, 0.1) is 5.92 Å². The number of thioether (sulfide) groups is 1. The van der Waals surface area contributed by atoms with Crippen molar-refractivity contribution in [2.75, 3.05) is 0 Å². The molecule has 0 aliphatic heterocycles. The molecule has 2 unspecified atom stereocenters. The zero-order valence-electron chi connectivity index (χ0n) is 7.75. The molecule has 0 bridgehead atoms. The third kappa shape index (κ3) is 1.61. The molecule has 1 aromatic rings. The SMILES string of the molecule is Cn1ncnc1SC1CCC1C(=O)O. The lowest BCUT2D eigenvalue weighted by Gasteiger charge is -2.31. The Morgan fingerprint density at radius 3 is 2.93 bits per heavy atom. The maximum atomic E-state index is 10.7. The maximum Gasteiger partial charge on any atom is 0.307 e. The van der Waals surface area contributed by atoms with E-state index >= 15 is 0 Å². The Bertz CT molecular complexity index is 352. The van der Waals surface area contributed by atoms with Crippen LogP contribution in [-0.2, 0) is 11.8 Å². The average Bonchev–Trinajstić information content (AvgIpc) is 2.44. The van der Waals surface area contributed by atoms with Crippen molar-refractivity contribution >= 4 is 17.7 Å². The maximum absolute atomic E-state index is 10.7. The smallest absolute Gasteiger partial charge is 0.307 e. The lowest BCUT2D eigenvalue weighted by atomic mass is 9.85. The van der Waals surface area contributed by atoms with E-state index in [0.29, 0.717) is 0 Å². The second kappa shape index (κ2) is 3.61. The highest BCUT2D eigenvalue weighted by molar-refractivity contribution is 7.99. The van der Waals surface area contributed by atoms with E-state index in [-0.39, 0.29) is 11.2 Å². The van der Waals surface area contributed by atoms with Crippen LogP contribution in [-0.4, -0.2) is 31.1 Å². The topological polar surface area (TPSA) is 68.0 Å². The molecule has 0 spiro atoms. The van der Waals surface area contributed by atoms with Gasteiger partial charge in [0.25, 0.3) is 0 Å². The van der Waals surface area contributed by atoms with Crippen molar-refractivity contribution in [1.82, 2.24) is 14.8 Å². The molecule has 0 aromatic carbocycles. The first-order valence-electron chi connectivity index (χ1n) is 4.42. The predicted molar refractivity (Wildman–Crippen MR) is 51.0 cm³/mol. The molecule has 2 atom stereocenters. The molecule has 5 nitrogen and oxygen atoms in total. The van der Waals surface area contributed by atoms with Gasteiger partial charge in [0.2, 0.25) is 0 Å². The fraction of sp³-hybridized carbons (Fsp3) is 0.625. The van der Waals surface area contributed by atoms with Crippen molar-refractivity contribution in [3.05, 3.63) is 6.33 Å². The Hall–Kier alpha value is -1.04. The van der Waals surface area contributed by atoms with E-state index in [1.54, 1.807) is 4.68 Å². The summed E-state index contributed by atoms with van der Waals surface area (Å²) in [5, 5.41) is 13.7. The summed E-state index contributed by atoms with van der Waals surface area (Å²) in [6, 6.07) is 0. The predicted octanol–water partition coefficient (Wildman–Crippen LogP) is 0.770. The summed E-state index contributed by atoms with van der Waals surface area (Å²) in [4.78, 5) is 14.8. The van der Waals surface area contributed by atoms with Gasteiger partial charge in [0.1, 0.15) is 6.33 Å². The molecule has 0 radical (unpaired) electrons. The van der Waals surface area contributed by atoms with Gasteiger partial charge in [-0.2, -0.15) is 5.10 Å². The summed E-state index contributed by atoms with van der Waals surface area (Å²) < 4.78 is 1.67. The summed E-state index contributed by atoms with van der Waals surface area (Å²) in [5.41, 5.74) is 0. The number of hydrogen-bond donors (Lipinski definition) is 1. The molecule has 2 rings (SSSR count). The minimum atomic E-state index is -0.698. The molecule has 1 saturated carbocycles. The van der Waals surface area contributed by atoms with Crippen LogP contribution >= 0.6 is 11.8 Å². The molecule has 76 valence electrons. The van der Waals surface area contributed by atoms with E-state index in [1.165, 1.54) is 18.1 Å². The summed E-state index contributed by atoms with van der Waals surface area (Å²) in [5.74, 6) is -0.910. The molecule has 1 aromatic heterocycles. The van der Waals surface area contributed by atoms with Gasteiger partial charge in [0.05, 0.1) is 5.92 Å². The van der Waals surface area contributed by atoms with Crippen molar-refractivity contribution in [2.24, 2.45) is 13.0 Å². The Balaban J connectivity index is 1.99. The molecule has 0 saturated heterocycles. The lowest BCUT2D eigenvalue weighted by Crippen LogP contribution is -2.35. The van der Waals surface area contributed by atoms with E-state index in [9.17, 15) is 4.79 Å². The van der Waals surface area contributed by atoms with Crippen molar-refractivity contribution < 1.29 is 9.90 Å². The van der Waals surface area contributed by atoms with Crippen molar-refractivity contribution in [3.63, 3.8) is 0 Å². The first kappa shape index (κ1) is 9.51. The highest BCUT2D eigenvalue weighted by atomic mass is 32.2. The average molecular weight is 213 g/mol. The van der Waals surface area contributed by atoms with Gasteiger partial charge in [-0.1, -0.05) is 11.8 Å². The molecule has 1 heterocycles. The second-order valence-electron chi connectivity index (χ2n) is 3.34. The third-order valence-corrected chi connectivity index (χ3v) is 3.90. The van der Waals surface area contributed by atoms with Crippen LogP contribution < -0.4 is 0 Å². The highest BCUT2D eigenvalue weighted by Crippen LogP contribution is 2.40. The van der Waals surface area contributed by atoms with Crippen molar-refractivity contribution in [3.8, 4) is 0 Å². The van der Waals surface area contributed by atoms with E-state index < -0.39 is 5.97 Å². The summed E-state index contributed by atoms with van der Waals surface area (Å²) in [7, 11) is 1.81. The Morgan fingerprint density at radius 2 is 2.50 bits per heavy atom. The number of aryl methyl sites for hydroxylation is 1. The highest BCUT2D eigenvalue weighted by Gasteiger charge is 2.37. The van der Waals surface area contributed by atoms with Gasteiger partial charge in [-0.05, 0) is 12.8 Å². The number of nitrogens with zero attached hydrogens (tertiary/aromatic N) is 3. The number of carboxylic acids is 1. The van der Waals surface area contributed by atoms with Crippen LogP contribution in [0.3, 0.4) is 0 Å². The normalized spacial score (nSPS) is 25.8. The van der Waals surface area contributed by atoms with Crippen LogP contribution in [0.5, 0.6) is 0 Å². The van der Waals surface area contributed by atoms with E-state index in [1.807, 2.05) is 7.05 Å². The molecule has 1 N–H and O–H groups in total. The molecule has 1 aliphatic rings. The van der Waals surface area contributed by atoms with Crippen LogP contribution in [0.15, 0.2) is 11.5 Å². The minimum Gasteiger partial charge on any atom is -0.481 e. The molecule has 1 fully saturated rings. The van der Waals surface area contributed by atoms with Crippen LogP contribution in [0.2, 0.25) is 0 Å². The lowest BCUT2D eigenvalue weighted by molar-refractivity contribution is -0.144. The van der Waals surface area contributed by atoms with Crippen LogP contribution in [0.4, 0.5) is 0 Å². The Labute approximate surface area is 85.5 Å². The zero-order valence-corrected chi connectivity index (χ0v) is 8.57. The first-order valence-corrected chi connectivity index (χ1v) is 5.30. The van der Waals surface area contributed by atoms with Gasteiger partial charge in [-0.3, -0.25) is 4.79 Å². The van der Waals surface area contributed by atoms with Gasteiger partial charge >= 0.3 is 5.97 Å². The molecular weight excluding hydrogens is 202 g/mol. The summed E-state index contributed by atoms with van der Waals surface area (Å²) >= 11 is 1.51. The molecule has 14 heavy (non-hydrogen) atoms. The standard InChI is InChI=1S/C8H11N3O2S/c1-11-8(9-4-10-11)14-6-3-2-5(6)7(12)13/h4-6H,2-3H2,1H3,(H,12,13). The monoisotopic (exact) mass is 213 g/mol.